The van der Waals surface area contributed by atoms with Crippen molar-refractivity contribution in [3.05, 3.63) is 30.0 Å². The highest BCUT2D eigenvalue weighted by Crippen LogP contribution is 2.22. The average molecular weight is 406 g/mol. The van der Waals surface area contributed by atoms with Crippen LogP contribution in [-0.2, 0) is 4.74 Å². The van der Waals surface area contributed by atoms with E-state index in [1.54, 1.807) is 12.1 Å². The number of carbonyl (C=O) groups excluding carboxylic acids is 1. The molecule has 0 radical (unpaired) electrons. The van der Waals surface area contributed by atoms with Crippen LogP contribution in [0.4, 0.5) is 10.7 Å². The van der Waals surface area contributed by atoms with Crippen molar-refractivity contribution in [1.82, 2.24) is 0 Å². The smallest absolute Gasteiger partial charge is 0.414 e. The number of ether oxygens (including phenoxy) is 1. The van der Waals surface area contributed by atoms with E-state index in [4.69, 9.17) is 9.15 Å². The zero-order chi connectivity index (χ0) is 21.5. The molecule has 1 N–H and O–H groups in total. The molecule has 0 saturated carbocycles. The summed E-state index contributed by atoms with van der Waals surface area (Å²) in [5.74, 6) is 2.90. The standard InChI is InChI=1S/C25H43NO3/c1-20(2)10-6-11-21(3)12-7-13-22(4)14-8-15-23(5)17-19-29-25(27)26-24-16-9-18-28-24/h9,16-18,20-22H,6-8,10-15,19H2,1-5H3,(H,26,27). The normalized spacial score (nSPS) is 14.1. The third-order valence-corrected chi connectivity index (χ3v) is 5.53. The molecular weight excluding hydrogens is 362 g/mol. The zero-order valence-electron chi connectivity index (χ0n) is 19.3. The van der Waals surface area contributed by atoms with Crippen LogP contribution in [0.5, 0.6) is 0 Å². The molecule has 0 bridgehead atoms. The van der Waals surface area contributed by atoms with Crippen LogP contribution in [0.2, 0.25) is 0 Å². The van der Waals surface area contributed by atoms with Gasteiger partial charge in [0.1, 0.15) is 6.61 Å². The second kappa shape index (κ2) is 15.2. The Morgan fingerprint density at radius 1 is 1.03 bits per heavy atom. The van der Waals surface area contributed by atoms with Gasteiger partial charge < -0.3 is 9.15 Å². The first-order valence-corrected chi connectivity index (χ1v) is 11.5. The van der Waals surface area contributed by atoms with Crippen LogP contribution in [0.1, 0.15) is 92.4 Å². The number of hydrogen-bond donors (Lipinski definition) is 1. The molecule has 1 rings (SSSR count). The molecule has 166 valence electrons. The largest absolute Gasteiger partial charge is 0.448 e. The number of amides is 1. The molecule has 0 saturated heterocycles. The monoisotopic (exact) mass is 405 g/mol. The maximum absolute atomic E-state index is 11.6. The summed E-state index contributed by atoms with van der Waals surface area (Å²) in [6, 6.07) is 3.40. The molecule has 4 heteroatoms. The molecular formula is C25H43NO3. The fraction of sp³-hybridized carbons (Fsp3) is 0.720. The molecule has 1 aromatic heterocycles. The fourth-order valence-electron chi connectivity index (χ4n) is 3.56. The number of hydrogen-bond acceptors (Lipinski definition) is 3. The highest BCUT2D eigenvalue weighted by Gasteiger charge is 2.07. The van der Waals surface area contributed by atoms with Crippen molar-refractivity contribution in [3.8, 4) is 0 Å². The first kappa shape index (κ1) is 25.3. The van der Waals surface area contributed by atoms with Crippen LogP contribution in [0.25, 0.3) is 0 Å². The Kier molecular flexibility index (Phi) is 13.3. The summed E-state index contributed by atoms with van der Waals surface area (Å²) >= 11 is 0. The molecule has 4 nitrogen and oxygen atoms in total. The topological polar surface area (TPSA) is 51.5 Å². The minimum Gasteiger partial charge on any atom is -0.448 e. The lowest BCUT2D eigenvalue weighted by Gasteiger charge is -2.15. The van der Waals surface area contributed by atoms with Crippen molar-refractivity contribution in [3.63, 3.8) is 0 Å². The average Bonchev–Trinajstić information content (AvgIpc) is 3.14. The van der Waals surface area contributed by atoms with Gasteiger partial charge in [0.15, 0.2) is 0 Å². The first-order valence-electron chi connectivity index (χ1n) is 11.5. The predicted octanol–water partition coefficient (Wildman–Crippen LogP) is 8.21. The Bertz CT molecular complexity index is 563. The minimum atomic E-state index is -0.490. The van der Waals surface area contributed by atoms with Gasteiger partial charge in [-0.25, -0.2) is 4.79 Å². The molecule has 1 heterocycles. The summed E-state index contributed by atoms with van der Waals surface area (Å²) in [5.41, 5.74) is 1.28. The first-order chi connectivity index (χ1) is 13.9. The quantitative estimate of drug-likeness (QED) is 0.299. The van der Waals surface area contributed by atoms with Crippen molar-refractivity contribution in [2.24, 2.45) is 17.8 Å². The summed E-state index contributed by atoms with van der Waals surface area (Å²) < 4.78 is 10.2. The molecule has 2 atom stereocenters. The maximum atomic E-state index is 11.6. The third-order valence-electron chi connectivity index (χ3n) is 5.53. The number of allylic oxidation sites excluding steroid dienone is 1. The van der Waals surface area contributed by atoms with Gasteiger partial charge in [-0.3, -0.25) is 5.32 Å². The van der Waals surface area contributed by atoms with E-state index < -0.39 is 6.09 Å². The van der Waals surface area contributed by atoms with Gasteiger partial charge in [0.05, 0.1) is 6.26 Å². The SMILES string of the molecule is CC(=CCOC(=O)Nc1ccco1)CCCC(C)CCCC(C)CCCC(C)C. The molecule has 1 aromatic rings. The molecule has 0 aromatic carbocycles. The van der Waals surface area contributed by atoms with Gasteiger partial charge in [0, 0.05) is 6.07 Å². The summed E-state index contributed by atoms with van der Waals surface area (Å²) in [7, 11) is 0. The van der Waals surface area contributed by atoms with Crippen molar-refractivity contribution in [2.75, 3.05) is 11.9 Å². The van der Waals surface area contributed by atoms with Gasteiger partial charge in [0.25, 0.3) is 0 Å². The second-order valence-corrected chi connectivity index (χ2v) is 9.11. The fourth-order valence-corrected chi connectivity index (χ4v) is 3.56. The molecule has 0 aliphatic heterocycles. The van der Waals surface area contributed by atoms with E-state index in [0.717, 1.165) is 24.2 Å². The van der Waals surface area contributed by atoms with Crippen LogP contribution in [0, 0.1) is 17.8 Å². The zero-order valence-corrected chi connectivity index (χ0v) is 19.3. The Balaban J connectivity index is 2.03. The summed E-state index contributed by atoms with van der Waals surface area (Å²) in [6.07, 6.45) is 14.8. The van der Waals surface area contributed by atoms with E-state index in [1.807, 2.05) is 6.08 Å². The molecule has 1 amide bonds. The number of anilines is 1. The maximum Gasteiger partial charge on any atom is 0.414 e. The number of carbonyl (C=O) groups is 1. The molecule has 2 unspecified atom stereocenters. The molecule has 29 heavy (non-hydrogen) atoms. The number of rotatable bonds is 15. The number of nitrogens with one attached hydrogen (secondary N) is 1. The minimum absolute atomic E-state index is 0.294. The Hall–Kier alpha value is -1.71. The Morgan fingerprint density at radius 3 is 2.24 bits per heavy atom. The van der Waals surface area contributed by atoms with Gasteiger partial charge in [0.2, 0.25) is 5.88 Å². The van der Waals surface area contributed by atoms with E-state index in [2.05, 4.69) is 39.9 Å². The van der Waals surface area contributed by atoms with Crippen LogP contribution < -0.4 is 5.32 Å². The van der Waals surface area contributed by atoms with Crippen LogP contribution in [-0.4, -0.2) is 12.7 Å². The van der Waals surface area contributed by atoms with Gasteiger partial charge >= 0.3 is 6.09 Å². The summed E-state index contributed by atoms with van der Waals surface area (Å²) in [4.78, 5) is 11.6. The van der Waals surface area contributed by atoms with Gasteiger partial charge in [-0.05, 0) is 49.7 Å². The van der Waals surface area contributed by atoms with E-state index in [9.17, 15) is 4.79 Å². The molecule has 0 spiro atoms. The number of furan rings is 1. The lowest BCUT2D eigenvalue weighted by atomic mass is 9.91. The molecule has 0 aliphatic rings. The lowest BCUT2D eigenvalue weighted by molar-refractivity contribution is 0.173. The lowest BCUT2D eigenvalue weighted by Crippen LogP contribution is -2.13. The van der Waals surface area contributed by atoms with Crippen molar-refractivity contribution >= 4 is 12.0 Å². The van der Waals surface area contributed by atoms with Crippen molar-refractivity contribution in [2.45, 2.75) is 92.4 Å². The molecule has 0 fully saturated rings. The van der Waals surface area contributed by atoms with E-state index in [-0.39, 0.29) is 0 Å². The highest BCUT2D eigenvalue weighted by atomic mass is 16.5. The van der Waals surface area contributed by atoms with Crippen molar-refractivity contribution in [1.29, 1.82) is 0 Å². The van der Waals surface area contributed by atoms with Gasteiger partial charge in [-0.2, -0.15) is 0 Å². The summed E-state index contributed by atoms with van der Waals surface area (Å²) in [5, 5.41) is 2.54. The highest BCUT2D eigenvalue weighted by molar-refractivity contribution is 5.82. The Labute approximate surface area is 178 Å². The third kappa shape index (κ3) is 14.0. The van der Waals surface area contributed by atoms with E-state index >= 15 is 0 Å². The van der Waals surface area contributed by atoms with Gasteiger partial charge in [-0.15, -0.1) is 0 Å². The van der Waals surface area contributed by atoms with E-state index in [0.29, 0.717) is 12.5 Å². The predicted molar refractivity (Wildman–Crippen MR) is 122 cm³/mol. The van der Waals surface area contributed by atoms with E-state index in [1.165, 1.54) is 63.2 Å². The Morgan fingerprint density at radius 2 is 1.66 bits per heavy atom. The van der Waals surface area contributed by atoms with Gasteiger partial charge in [-0.1, -0.05) is 78.2 Å². The second-order valence-electron chi connectivity index (χ2n) is 9.11. The van der Waals surface area contributed by atoms with Crippen molar-refractivity contribution < 1.29 is 13.9 Å². The van der Waals surface area contributed by atoms with Crippen LogP contribution >= 0.6 is 0 Å². The van der Waals surface area contributed by atoms with Crippen LogP contribution in [0.15, 0.2) is 34.5 Å². The summed E-state index contributed by atoms with van der Waals surface area (Å²) in [6.45, 7) is 11.8. The molecule has 0 aliphatic carbocycles. The van der Waals surface area contributed by atoms with Crippen LogP contribution in [0.3, 0.4) is 0 Å².